The lowest BCUT2D eigenvalue weighted by Crippen LogP contribution is -1.99. The highest BCUT2D eigenvalue weighted by atomic mass is 16.3. The Bertz CT molecular complexity index is 96.6. The quantitative estimate of drug-likeness (QED) is 0.505. The molecule has 0 saturated heterocycles. The van der Waals surface area contributed by atoms with E-state index in [1.807, 2.05) is 0 Å². The van der Waals surface area contributed by atoms with Crippen LogP contribution in [-0.2, 0) is 0 Å². The Labute approximate surface area is 50.0 Å². The van der Waals surface area contributed by atoms with Crippen LogP contribution in [0.15, 0.2) is 12.2 Å². The highest BCUT2D eigenvalue weighted by Gasteiger charge is 2.12. The average Bonchev–Trinajstić information content (AvgIpc) is 2.14. The smallest absolute Gasteiger partial charge is 0.0494 e. The third-order valence-corrected chi connectivity index (χ3v) is 1.62. The third-order valence-electron chi connectivity index (χ3n) is 1.62. The third kappa shape index (κ3) is 1.10. The molecule has 0 aliphatic heterocycles. The minimum absolute atomic E-state index is 0.320. The first kappa shape index (κ1) is 5.83. The minimum Gasteiger partial charge on any atom is -0.396 e. The molecule has 8 heavy (non-hydrogen) atoms. The molecule has 1 aliphatic carbocycles. The fraction of sp³-hybridized carbons (Fsp3) is 0.714. The molecule has 0 aromatic heterocycles. The molecule has 1 nitrogen and oxygen atoms in total. The van der Waals surface area contributed by atoms with E-state index in [0.717, 1.165) is 6.42 Å². The van der Waals surface area contributed by atoms with Crippen molar-refractivity contribution in [3.8, 4) is 0 Å². The SMILES string of the molecule is CC1C=C[C@H](CO)C1. The molecule has 0 bridgehead atoms. The van der Waals surface area contributed by atoms with E-state index in [-0.39, 0.29) is 0 Å². The summed E-state index contributed by atoms with van der Waals surface area (Å²) < 4.78 is 0. The van der Waals surface area contributed by atoms with Crippen molar-refractivity contribution in [2.75, 3.05) is 6.61 Å². The van der Waals surface area contributed by atoms with Gasteiger partial charge in [0.1, 0.15) is 0 Å². The van der Waals surface area contributed by atoms with Crippen molar-refractivity contribution in [2.45, 2.75) is 13.3 Å². The normalized spacial score (nSPS) is 36.2. The second-order valence-corrected chi connectivity index (χ2v) is 2.54. The number of rotatable bonds is 1. The predicted octanol–water partition coefficient (Wildman–Crippen LogP) is 1.19. The van der Waals surface area contributed by atoms with Gasteiger partial charge in [-0.05, 0) is 12.3 Å². The van der Waals surface area contributed by atoms with E-state index in [9.17, 15) is 0 Å². The van der Waals surface area contributed by atoms with Crippen LogP contribution in [-0.4, -0.2) is 11.7 Å². The Morgan fingerprint density at radius 3 is 2.62 bits per heavy atom. The van der Waals surface area contributed by atoms with Crippen molar-refractivity contribution in [1.29, 1.82) is 0 Å². The van der Waals surface area contributed by atoms with Gasteiger partial charge in [-0.15, -0.1) is 0 Å². The average molecular weight is 112 g/mol. The Morgan fingerprint density at radius 2 is 2.38 bits per heavy atom. The lowest BCUT2D eigenvalue weighted by atomic mass is 10.1. The summed E-state index contributed by atoms with van der Waals surface area (Å²) in [6.45, 7) is 2.49. The topological polar surface area (TPSA) is 20.2 Å². The van der Waals surface area contributed by atoms with E-state index < -0.39 is 0 Å². The summed E-state index contributed by atoms with van der Waals surface area (Å²) >= 11 is 0. The molecule has 2 atom stereocenters. The van der Waals surface area contributed by atoms with Crippen LogP contribution in [0, 0.1) is 11.8 Å². The van der Waals surface area contributed by atoms with Gasteiger partial charge in [0.15, 0.2) is 0 Å². The van der Waals surface area contributed by atoms with Crippen LogP contribution in [0.25, 0.3) is 0 Å². The number of aliphatic hydroxyl groups is 1. The molecular weight excluding hydrogens is 100 g/mol. The molecule has 0 heterocycles. The van der Waals surface area contributed by atoms with E-state index in [1.54, 1.807) is 0 Å². The Morgan fingerprint density at radius 1 is 1.62 bits per heavy atom. The predicted molar refractivity (Wildman–Crippen MR) is 33.5 cm³/mol. The number of allylic oxidation sites excluding steroid dienone is 1. The maximum Gasteiger partial charge on any atom is 0.0494 e. The first-order valence-electron chi connectivity index (χ1n) is 3.12. The van der Waals surface area contributed by atoms with Gasteiger partial charge in [-0.25, -0.2) is 0 Å². The van der Waals surface area contributed by atoms with Gasteiger partial charge >= 0.3 is 0 Å². The zero-order valence-electron chi connectivity index (χ0n) is 5.17. The lowest BCUT2D eigenvalue weighted by molar-refractivity contribution is 0.246. The van der Waals surface area contributed by atoms with E-state index in [0.29, 0.717) is 18.4 Å². The van der Waals surface area contributed by atoms with Crippen molar-refractivity contribution < 1.29 is 5.11 Å². The van der Waals surface area contributed by atoms with Gasteiger partial charge in [-0.1, -0.05) is 19.1 Å². The van der Waals surface area contributed by atoms with Crippen molar-refractivity contribution in [3.63, 3.8) is 0 Å². The molecule has 1 rings (SSSR count). The molecule has 1 unspecified atom stereocenters. The molecule has 46 valence electrons. The molecule has 0 fully saturated rings. The number of hydrogen-bond donors (Lipinski definition) is 1. The molecule has 1 heteroatoms. The number of aliphatic hydroxyl groups excluding tert-OH is 1. The maximum absolute atomic E-state index is 8.63. The fourth-order valence-corrected chi connectivity index (χ4v) is 1.12. The van der Waals surface area contributed by atoms with E-state index >= 15 is 0 Å². The van der Waals surface area contributed by atoms with E-state index in [4.69, 9.17) is 5.11 Å². The summed E-state index contributed by atoms with van der Waals surface area (Å²) in [6.07, 6.45) is 5.40. The Hall–Kier alpha value is -0.300. The molecule has 1 N–H and O–H groups in total. The highest BCUT2D eigenvalue weighted by molar-refractivity contribution is 4.99. The first-order valence-corrected chi connectivity index (χ1v) is 3.12. The largest absolute Gasteiger partial charge is 0.396 e. The molecule has 0 radical (unpaired) electrons. The molecule has 0 saturated carbocycles. The second-order valence-electron chi connectivity index (χ2n) is 2.54. The zero-order valence-corrected chi connectivity index (χ0v) is 5.17. The molecule has 0 aromatic rings. The highest BCUT2D eigenvalue weighted by Crippen LogP contribution is 2.21. The first-order chi connectivity index (χ1) is 3.83. The van der Waals surface area contributed by atoms with Gasteiger partial charge < -0.3 is 5.11 Å². The van der Waals surface area contributed by atoms with Gasteiger partial charge in [0.05, 0.1) is 0 Å². The van der Waals surface area contributed by atoms with Crippen LogP contribution in [0.5, 0.6) is 0 Å². The van der Waals surface area contributed by atoms with E-state index in [2.05, 4.69) is 19.1 Å². The van der Waals surface area contributed by atoms with Crippen molar-refractivity contribution in [1.82, 2.24) is 0 Å². The summed E-state index contributed by atoms with van der Waals surface area (Å²) in [7, 11) is 0. The molecule has 0 aromatic carbocycles. The van der Waals surface area contributed by atoms with Crippen LogP contribution in [0.2, 0.25) is 0 Å². The molecule has 0 amide bonds. The van der Waals surface area contributed by atoms with Crippen LogP contribution in [0.4, 0.5) is 0 Å². The van der Waals surface area contributed by atoms with Crippen LogP contribution >= 0.6 is 0 Å². The fourth-order valence-electron chi connectivity index (χ4n) is 1.12. The Balaban J connectivity index is 2.34. The Kier molecular flexibility index (Phi) is 1.69. The molecule has 0 spiro atoms. The zero-order chi connectivity index (χ0) is 5.98. The monoisotopic (exact) mass is 112 g/mol. The van der Waals surface area contributed by atoms with Crippen LogP contribution in [0.1, 0.15) is 13.3 Å². The molecule has 1 aliphatic rings. The van der Waals surface area contributed by atoms with Gasteiger partial charge in [0, 0.05) is 12.5 Å². The van der Waals surface area contributed by atoms with Crippen LogP contribution in [0.3, 0.4) is 0 Å². The van der Waals surface area contributed by atoms with Gasteiger partial charge in [-0.2, -0.15) is 0 Å². The van der Waals surface area contributed by atoms with E-state index in [1.165, 1.54) is 0 Å². The van der Waals surface area contributed by atoms with Gasteiger partial charge in [0.25, 0.3) is 0 Å². The maximum atomic E-state index is 8.63. The standard InChI is InChI=1S/C7H12O/c1-6-2-3-7(4-6)5-8/h2-3,6-8H,4-5H2,1H3/t6?,7-/m0/s1. The minimum atomic E-state index is 0.320. The summed E-state index contributed by atoms with van der Waals surface area (Å²) in [5, 5.41) is 8.63. The lowest BCUT2D eigenvalue weighted by Gasteiger charge is -2.01. The second kappa shape index (κ2) is 2.31. The van der Waals surface area contributed by atoms with Crippen molar-refractivity contribution >= 4 is 0 Å². The van der Waals surface area contributed by atoms with Crippen LogP contribution < -0.4 is 0 Å². The van der Waals surface area contributed by atoms with Gasteiger partial charge in [-0.3, -0.25) is 0 Å². The van der Waals surface area contributed by atoms with Crippen molar-refractivity contribution in [3.05, 3.63) is 12.2 Å². The van der Waals surface area contributed by atoms with Gasteiger partial charge in [0.2, 0.25) is 0 Å². The molecular formula is C7H12O. The number of hydrogen-bond acceptors (Lipinski definition) is 1. The van der Waals surface area contributed by atoms with Crippen molar-refractivity contribution in [2.24, 2.45) is 11.8 Å². The summed E-state index contributed by atoms with van der Waals surface area (Å²) in [4.78, 5) is 0. The summed E-state index contributed by atoms with van der Waals surface area (Å²) in [5.41, 5.74) is 0. The summed E-state index contributed by atoms with van der Waals surface area (Å²) in [5.74, 6) is 1.14. The summed E-state index contributed by atoms with van der Waals surface area (Å²) in [6, 6.07) is 0.